The third-order valence-electron chi connectivity index (χ3n) is 4.60. The van der Waals surface area contributed by atoms with Crippen molar-refractivity contribution in [3.63, 3.8) is 0 Å². The Labute approximate surface area is 184 Å². The van der Waals surface area contributed by atoms with Crippen molar-refractivity contribution in [1.82, 2.24) is 5.32 Å². The lowest BCUT2D eigenvalue weighted by Gasteiger charge is -2.21. The first kappa shape index (κ1) is 20.2. The number of benzodiazepines with no additional fused rings is 1. The number of aliphatic imine (C=N–C) groups is 1. The van der Waals surface area contributed by atoms with Gasteiger partial charge in [0, 0.05) is 28.9 Å². The lowest BCUT2D eigenvalue weighted by atomic mass is 10.00. The van der Waals surface area contributed by atoms with Gasteiger partial charge in [0.2, 0.25) is 6.17 Å². The Balaban J connectivity index is 1.74. The van der Waals surface area contributed by atoms with Gasteiger partial charge in [-0.1, -0.05) is 30.3 Å². The van der Waals surface area contributed by atoms with Crippen LogP contribution in [0.2, 0.25) is 0 Å². The SMILES string of the molecule is CN1C(=O)C(NC(=O)Nc2cscc2Br)N=C(c2ccccc2F)c2ccccc21. The standard InChI is InChI=1S/C21H16BrFN4O2S/c1-27-17-9-5-3-7-13(17)18(12-6-2-4-8-15(12)23)25-19(20(27)28)26-21(29)24-16-11-30-10-14(16)22/h2-11,19H,1H3,(H2,24,26,29). The number of amides is 3. The highest BCUT2D eigenvalue weighted by Crippen LogP contribution is 2.29. The number of urea groups is 1. The normalized spacial score (nSPS) is 15.8. The average molecular weight is 487 g/mol. The fourth-order valence-electron chi connectivity index (χ4n) is 3.14. The summed E-state index contributed by atoms with van der Waals surface area (Å²) < 4.78 is 15.3. The predicted octanol–water partition coefficient (Wildman–Crippen LogP) is 4.61. The summed E-state index contributed by atoms with van der Waals surface area (Å²) in [5, 5.41) is 8.85. The Kier molecular flexibility index (Phi) is 5.65. The first-order valence-electron chi connectivity index (χ1n) is 8.94. The zero-order valence-electron chi connectivity index (χ0n) is 15.7. The topological polar surface area (TPSA) is 73.8 Å². The number of likely N-dealkylation sites (N-methyl/N-ethyl adjacent to an activating group) is 1. The van der Waals surface area contributed by atoms with Gasteiger partial charge in [0.1, 0.15) is 5.82 Å². The van der Waals surface area contributed by atoms with Crippen LogP contribution >= 0.6 is 27.3 Å². The number of halogens is 2. The fourth-order valence-corrected chi connectivity index (χ4v) is 4.46. The van der Waals surface area contributed by atoms with Crippen LogP contribution in [0.25, 0.3) is 0 Å². The van der Waals surface area contributed by atoms with Crippen LogP contribution in [0.15, 0.2) is 68.8 Å². The van der Waals surface area contributed by atoms with Crippen LogP contribution in [0.4, 0.5) is 20.6 Å². The second kappa shape index (κ2) is 8.37. The molecule has 30 heavy (non-hydrogen) atoms. The maximum Gasteiger partial charge on any atom is 0.321 e. The van der Waals surface area contributed by atoms with E-state index in [-0.39, 0.29) is 5.56 Å². The number of hydrogen-bond acceptors (Lipinski definition) is 4. The second-order valence-corrected chi connectivity index (χ2v) is 8.10. The summed E-state index contributed by atoms with van der Waals surface area (Å²) in [5.41, 5.74) is 2.30. The first-order valence-corrected chi connectivity index (χ1v) is 10.7. The minimum Gasteiger partial charge on any atom is -0.311 e. The number of rotatable bonds is 3. The Morgan fingerprint density at radius 2 is 1.83 bits per heavy atom. The number of thiophene rings is 1. The molecule has 2 aromatic carbocycles. The summed E-state index contributed by atoms with van der Waals surface area (Å²) in [6.07, 6.45) is -1.23. The average Bonchev–Trinajstić information content (AvgIpc) is 3.11. The minimum atomic E-state index is -1.23. The van der Waals surface area contributed by atoms with Crippen molar-refractivity contribution < 1.29 is 14.0 Å². The van der Waals surface area contributed by atoms with E-state index >= 15 is 0 Å². The molecule has 6 nitrogen and oxygen atoms in total. The van der Waals surface area contributed by atoms with E-state index < -0.39 is 23.9 Å². The number of carbonyl (C=O) groups excluding carboxylic acids is 2. The Morgan fingerprint density at radius 3 is 2.53 bits per heavy atom. The van der Waals surface area contributed by atoms with Crippen molar-refractivity contribution in [2.24, 2.45) is 4.99 Å². The molecule has 3 amide bonds. The second-order valence-electron chi connectivity index (χ2n) is 6.51. The molecular weight excluding hydrogens is 471 g/mol. The first-order chi connectivity index (χ1) is 14.5. The van der Waals surface area contributed by atoms with Gasteiger partial charge in [0.05, 0.1) is 21.6 Å². The van der Waals surface area contributed by atoms with Gasteiger partial charge >= 0.3 is 6.03 Å². The molecule has 0 saturated heterocycles. The molecular formula is C21H16BrFN4O2S. The number of hydrogen-bond donors (Lipinski definition) is 2. The Bertz CT molecular complexity index is 1160. The summed E-state index contributed by atoms with van der Waals surface area (Å²) >= 11 is 4.76. The van der Waals surface area contributed by atoms with Crippen LogP contribution in [0.5, 0.6) is 0 Å². The van der Waals surface area contributed by atoms with Crippen molar-refractivity contribution in [3.8, 4) is 0 Å². The summed E-state index contributed by atoms with van der Waals surface area (Å²) in [4.78, 5) is 31.5. The third kappa shape index (κ3) is 3.86. The molecule has 0 fully saturated rings. The number of anilines is 2. The number of nitrogens with zero attached hydrogens (tertiary/aromatic N) is 2. The maximum absolute atomic E-state index is 14.6. The van der Waals surface area contributed by atoms with Crippen molar-refractivity contribution in [3.05, 3.63) is 80.7 Å². The monoisotopic (exact) mass is 486 g/mol. The van der Waals surface area contributed by atoms with E-state index in [1.54, 1.807) is 54.9 Å². The largest absolute Gasteiger partial charge is 0.321 e. The van der Waals surface area contributed by atoms with Crippen molar-refractivity contribution >= 4 is 56.3 Å². The number of fused-ring (bicyclic) bond motifs is 1. The van der Waals surface area contributed by atoms with Gasteiger partial charge in [-0.15, -0.1) is 11.3 Å². The lowest BCUT2D eigenvalue weighted by Crippen LogP contribution is -2.47. The van der Waals surface area contributed by atoms with Crippen molar-refractivity contribution in [1.29, 1.82) is 0 Å². The number of carbonyl (C=O) groups is 2. The van der Waals surface area contributed by atoms with E-state index in [2.05, 4.69) is 31.6 Å². The molecule has 0 bridgehead atoms. The molecule has 1 aliphatic rings. The van der Waals surface area contributed by atoms with Crippen LogP contribution in [0.3, 0.4) is 0 Å². The van der Waals surface area contributed by atoms with Crippen LogP contribution in [0.1, 0.15) is 11.1 Å². The summed E-state index contributed by atoms with van der Waals surface area (Å²) in [6.45, 7) is 0. The minimum absolute atomic E-state index is 0.251. The van der Waals surface area contributed by atoms with Crippen molar-refractivity contribution in [2.75, 3.05) is 17.3 Å². The van der Waals surface area contributed by atoms with Crippen LogP contribution in [-0.4, -0.2) is 30.9 Å². The highest BCUT2D eigenvalue weighted by atomic mass is 79.9. The molecule has 0 aliphatic carbocycles. The molecule has 0 saturated carbocycles. The molecule has 0 spiro atoms. The molecule has 2 N–H and O–H groups in total. The number of para-hydroxylation sites is 1. The van der Waals surface area contributed by atoms with Gasteiger partial charge in [-0.3, -0.25) is 4.79 Å². The van der Waals surface area contributed by atoms with E-state index in [9.17, 15) is 14.0 Å². The van der Waals surface area contributed by atoms with Gasteiger partial charge < -0.3 is 15.5 Å². The van der Waals surface area contributed by atoms with Crippen LogP contribution in [-0.2, 0) is 4.79 Å². The van der Waals surface area contributed by atoms with E-state index in [0.29, 0.717) is 22.6 Å². The summed E-state index contributed by atoms with van der Waals surface area (Å²) in [7, 11) is 1.60. The van der Waals surface area contributed by atoms with E-state index in [4.69, 9.17) is 0 Å². The fraction of sp³-hybridized carbons (Fsp3) is 0.0952. The number of nitrogens with one attached hydrogen (secondary N) is 2. The zero-order chi connectivity index (χ0) is 21.3. The molecule has 3 aromatic rings. The molecule has 2 heterocycles. The van der Waals surface area contributed by atoms with Crippen LogP contribution < -0.4 is 15.5 Å². The quantitative estimate of drug-likeness (QED) is 0.567. The van der Waals surface area contributed by atoms with Gasteiger partial charge in [-0.05, 0) is 34.1 Å². The highest BCUT2D eigenvalue weighted by Gasteiger charge is 2.31. The van der Waals surface area contributed by atoms with Crippen LogP contribution in [0, 0.1) is 5.82 Å². The van der Waals surface area contributed by atoms with E-state index in [0.717, 1.165) is 4.47 Å². The summed E-state index contributed by atoms with van der Waals surface area (Å²) in [5.74, 6) is -0.901. The third-order valence-corrected chi connectivity index (χ3v) is 6.31. The molecule has 1 unspecified atom stereocenters. The highest BCUT2D eigenvalue weighted by molar-refractivity contribution is 9.10. The smallest absolute Gasteiger partial charge is 0.311 e. The van der Waals surface area contributed by atoms with Gasteiger partial charge in [-0.25, -0.2) is 14.2 Å². The van der Waals surface area contributed by atoms with E-state index in [1.807, 2.05) is 5.38 Å². The van der Waals surface area contributed by atoms with E-state index in [1.165, 1.54) is 22.3 Å². The molecule has 1 aromatic heterocycles. The summed E-state index contributed by atoms with van der Waals surface area (Å²) in [6, 6.07) is 12.7. The van der Waals surface area contributed by atoms with Gasteiger partial charge in [0.15, 0.2) is 0 Å². The molecule has 1 aliphatic heterocycles. The molecule has 0 radical (unpaired) electrons. The Morgan fingerprint density at radius 1 is 1.13 bits per heavy atom. The van der Waals surface area contributed by atoms with Crippen molar-refractivity contribution in [2.45, 2.75) is 6.17 Å². The van der Waals surface area contributed by atoms with Gasteiger partial charge in [0.25, 0.3) is 5.91 Å². The molecule has 152 valence electrons. The molecule has 4 rings (SSSR count). The molecule has 1 atom stereocenters. The predicted molar refractivity (Wildman–Crippen MR) is 120 cm³/mol. The van der Waals surface area contributed by atoms with Gasteiger partial charge in [-0.2, -0.15) is 0 Å². The lowest BCUT2D eigenvalue weighted by molar-refractivity contribution is -0.119. The molecule has 9 heteroatoms. The number of benzene rings is 2. The Hall–Kier alpha value is -3.04. The zero-order valence-corrected chi connectivity index (χ0v) is 18.1. The maximum atomic E-state index is 14.6.